The second kappa shape index (κ2) is 7.94. The van der Waals surface area contributed by atoms with Gasteiger partial charge in [-0.2, -0.15) is 0 Å². The van der Waals surface area contributed by atoms with Crippen LogP contribution in [0.4, 0.5) is 10.1 Å². The first-order valence-corrected chi connectivity index (χ1v) is 7.22. The second-order valence-corrected chi connectivity index (χ2v) is 5.50. The maximum absolute atomic E-state index is 13.2. The summed E-state index contributed by atoms with van der Waals surface area (Å²) in [6, 6.07) is 5.99. The van der Waals surface area contributed by atoms with Crippen molar-refractivity contribution in [2.24, 2.45) is 0 Å². The zero-order valence-corrected chi connectivity index (χ0v) is 11.1. The quantitative estimate of drug-likeness (QED) is 0.731. The maximum atomic E-state index is 13.2. The number of para-hydroxylation sites is 1. The van der Waals surface area contributed by atoms with Crippen molar-refractivity contribution in [3.05, 3.63) is 30.1 Å². The molecule has 4 nitrogen and oxygen atoms in total. The molecule has 0 aliphatic rings. The highest BCUT2D eigenvalue weighted by atomic mass is 32.2. The van der Waals surface area contributed by atoms with Crippen LogP contribution in [0, 0.1) is 5.82 Å². The van der Waals surface area contributed by atoms with E-state index in [9.17, 15) is 13.4 Å². The van der Waals surface area contributed by atoms with Crippen molar-refractivity contribution in [2.45, 2.75) is 6.92 Å². The molecule has 1 unspecified atom stereocenters. The summed E-state index contributed by atoms with van der Waals surface area (Å²) in [7, 11) is -0.837. The Morgan fingerprint density at radius 1 is 1.39 bits per heavy atom. The molecule has 0 bridgehead atoms. The molecule has 0 saturated carbocycles. The second-order valence-electron chi connectivity index (χ2n) is 3.64. The van der Waals surface area contributed by atoms with Gasteiger partial charge in [0, 0.05) is 28.9 Å². The van der Waals surface area contributed by atoms with E-state index in [4.69, 9.17) is 0 Å². The van der Waals surface area contributed by atoms with Crippen LogP contribution in [0.25, 0.3) is 0 Å². The summed E-state index contributed by atoms with van der Waals surface area (Å²) in [5.41, 5.74) is 0.168. The van der Waals surface area contributed by atoms with Crippen LogP contribution in [0.15, 0.2) is 24.3 Å². The molecule has 1 aromatic carbocycles. The minimum absolute atomic E-state index is 0.0786. The van der Waals surface area contributed by atoms with Gasteiger partial charge in [0.1, 0.15) is 5.82 Å². The van der Waals surface area contributed by atoms with Crippen LogP contribution >= 0.6 is 0 Å². The smallest absolute Gasteiger partial charge is 0.238 e. The molecule has 2 N–H and O–H groups in total. The summed E-state index contributed by atoms with van der Waals surface area (Å²) in [6.45, 7) is 2.43. The van der Waals surface area contributed by atoms with Crippen molar-refractivity contribution in [3.63, 3.8) is 0 Å². The van der Waals surface area contributed by atoms with Crippen molar-refractivity contribution in [3.8, 4) is 0 Å². The van der Waals surface area contributed by atoms with E-state index < -0.39 is 16.6 Å². The van der Waals surface area contributed by atoms with Gasteiger partial charge in [-0.3, -0.25) is 9.00 Å². The molecule has 0 aliphatic heterocycles. The molecule has 18 heavy (non-hydrogen) atoms. The van der Waals surface area contributed by atoms with Gasteiger partial charge in [-0.05, 0) is 12.1 Å². The normalized spacial score (nSPS) is 12.1. The van der Waals surface area contributed by atoms with Gasteiger partial charge in [0.15, 0.2) is 0 Å². The lowest BCUT2D eigenvalue weighted by Gasteiger charge is -2.07. The van der Waals surface area contributed by atoms with Crippen molar-refractivity contribution < 1.29 is 13.4 Å². The van der Waals surface area contributed by atoms with Crippen LogP contribution in [-0.2, 0) is 15.6 Å². The minimum Gasteiger partial charge on any atom is -0.322 e. The molecule has 0 spiro atoms. The third-order valence-electron chi connectivity index (χ3n) is 2.26. The predicted octanol–water partition coefficient (Wildman–Crippen LogP) is 1.12. The first kappa shape index (κ1) is 14.8. The highest BCUT2D eigenvalue weighted by Gasteiger charge is 2.05. The Kier molecular flexibility index (Phi) is 6.53. The number of anilines is 1. The van der Waals surface area contributed by atoms with Crippen LogP contribution in [0.2, 0.25) is 0 Å². The lowest BCUT2D eigenvalue weighted by molar-refractivity contribution is -0.115. The average molecular weight is 272 g/mol. The standard InChI is InChI=1S/C12H17FN2O2S/c1-2-18(17)8-7-14-9-12(16)15-11-6-4-3-5-10(11)13/h3-6,14H,2,7-9H2,1H3,(H,15,16). The van der Waals surface area contributed by atoms with Crippen LogP contribution in [0.3, 0.4) is 0 Å². The predicted molar refractivity (Wildman–Crippen MR) is 71.4 cm³/mol. The minimum atomic E-state index is -0.837. The summed E-state index contributed by atoms with van der Waals surface area (Å²) < 4.78 is 24.3. The van der Waals surface area contributed by atoms with E-state index in [-0.39, 0.29) is 18.1 Å². The molecule has 1 amide bonds. The van der Waals surface area contributed by atoms with Crippen LogP contribution in [-0.4, -0.2) is 34.7 Å². The molecule has 1 aromatic rings. The van der Waals surface area contributed by atoms with E-state index in [1.807, 2.05) is 6.92 Å². The maximum Gasteiger partial charge on any atom is 0.238 e. The van der Waals surface area contributed by atoms with Gasteiger partial charge in [0.05, 0.1) is 12.2 Å². The number of carbonyl (C=O) groups excluding carboxylic acids is 1. The van der Waals surface area contributed by atoms with Crippen LogP contribution in [0.5, 0.6) is 0 Å². The summed E-state index contributed by atoms with van der Waals surface area (Å²) >= 11 is 0. The summed E-state index contributed by atoms with van der Waals surface area (Å²) in [5.74, 6) is 0.354. The molecule has 6 heteroatoms. The fourth-order valence-electron chi connectivity index (χ4n) is 1.29. The third-order valence-corrected chi connectivity index (χ3v) is 3.57. The van der Waals surface area contributed by atoms with E-state index in [0.29, 0.717) is 18.1 Å². The SMILES string of the molecule is CCS(=O)CCNCC(=O)Nc1ccccc1F. The van der Waals surface area contributed by atoms with Gasteiger partial charge in [0.25, 0.3) is 0 Å². The van der Waals surface area contributed by atoms with Crippen molar-refractivity contribution >= 4 is 22.4 Å². The Hall–Kier alpha value is -1.27. The fourth-order valence-corrected chi connectivity index (χ4v) is 1.95. The molecule has 0 saturated heterocycles. The largest absolute Gasteiger partial charge is 0.322 e. The molecular formula is C12H17FN2O2S. The molecule has 0 fully saturated rings. The van der Waals surface area contributed by atoms with Crippen molar-refractivity contribution in [2.75, 3.05) is 29.9 Å². The van der Waals surface area contributed by atoms with Gasteiger partial charge >= 0.3 is 0 Å². The summed E-state index contributed by atoms with van der Waals surface area (Å²) in [5, 5.41) is 5.32. The number of hydrogen-bond donors (Lipinski definition) is 2. The fraction of sp³-hybridized carbons (Fsp3) is 0.417. The van der Waals surface area contributed by atoms with E-state index >= 15 is 0 Å². The first-order valence-electron chi connectivity index (χ1n) is 5.73. The first-order chi connectivity index (χ1) is 8.63. The number of halogens is 1. The number of benzene rings is 1. The Morgan fingerprint density at radius 2 is 2.11 bits per heavy atom. The number of hydrogen-bond acceptors (Lipinski definition) is 3. The zero-order chi connectivity index (χ0) is 13.4. The molecule has 100 valence electrons. The van der Waals surface area contributed by atoms with Gasteiger partial charge in [-0.15, -0.1) is 0 Å². The number of rotatable bonds is 7. The lowest BCUT2D eigenvalue weighted by atomic mass is 10.3. The highest BCUT2D eigenvalue weighted by Crippen LogP contribution is 2.11. The number of nitrogens with one attached hydrogen (secondary N) is 2. The van der Waals surface area contributed by atoms with Gasteiger partial charge in [-0.1, -0.05) is 19.1 Å². The lowest BCUT2D eigenvalue weighted by Crippen LogP contribution is -2.31. The monoisotopic (exact) mass is 272 g/mol. The average Bonchev–Trinajstić information content (AvgIpc) is 2.37. The van der Waals surface area contributed by atoms with Crippen LogP contribution in [0.1, 0.15) is 6.92 Å². The van der Waals surface area contributed by atoms with E-state index in [1.54, 1.807) is 12.1 Å². The highest BCUT2D eigenvalue weighted by molar-refractivity contribution is 7.84. The van der Waals surface area contributed by atoms with E-state index in [1.165, 1.54) is 12.1 Å². The van der Waals surface area contributed by atoms with Crippen molar-refractivity contribution in [1.82, 2.24) is 5.32 Å². The van der Waals surface area contributed by atoms with Gasteiger partial charge in [-0.25, -0.2) is 4.39 Å². The Labute approximate surface area is 108 Å². The third kappa shape index (κ3) is 5.37. The molecule has 1 atom stereocenters. The molecule has 0 radical (unpaired) electrons. The Bertz CT molecular complexity index is 426. The molecule has 0 aliphatic carbocycles. The van der Waals surface area contributed by atoms with Gasteiger partial charge < -0.3 is 10.6 Å². The summed E-state index contributed by atoms with van der Waals surface area (Å²) in [6.07, 6.45) is 0. The molecule has 0 heterocycles. The number of amides is 1. The summed E-state index contributed by atoms with van der Waals surface area (Å²) in [4.78, 5) is 11.5. The van der Waals surface area contributed by atoms with Crippen LogP contribution < -0.4 is 10.6 Å². The van der Waals surface area contributed by atoms with Crippen molar-refractivity contribution in [1.29, 1.82) is 0 Å². The zero-order valence-electron chi connectivity index (χ0n) is 10.2. The molecule has 1 rings (SSSR count). The number of carbonyl (C=O) groups is 1. The topological polar surface area (TPSA) is 58.2 Å². The Balaban J connectivity index is 2.26. The molecule has 0 aromatic heterocycles. The molecular weight excluding hydrogens is 255 g/mol. The Morgan fingerprint density at radius 3 is 2.78 bits per heavy atom. The van der Waals surface area contributed by atoms with E-state index in [2.05, 4.69) is 10.6 Å². The van der Waals surface area contributed by atoms with E-state index in [0.717, 1.165) is 0 Å². The van der Waals surface area contributed by atoms with Gasteiger partial charge in [0.2, 0.25) is 5.91 Å².